The molecule has 0 radical (unpaired) electrons. The van der Waals surface area contributed by atoms with Gasteiger partial charge in [0.1, 0.15) is 17.2 Å². The predicted octanol–water partition coefficient (Wildman–Crippen LogP) is 2.01. The highest BCUT2D eigenvalue weighted by molar-refractivity contribution is 5.76. The molecule has 94 valence electrons. The highest BCUT2D eigenvalue weighted by atomic mass is 16.5. The van der Waals surface area contributed by atoms with Crippen molar-refractivity contribution in [1.29, 1.82) is 0 Å². The Balaban J connectivity index is 2.60. The molecule has 1 aromatic heterocycles. The fraction of sp³-hybridized carbons (Fsp3) is 0.231. The minimum Gasteiger partial charge on any atom is -0.497 e. The van der Waals surface area contributed by atoms with Crippen LogP contribution in [-0.4, -0.2) is 30.3 Å². The van der Waals surface area contributed by atoms with E-state index in [1.807, 2.05) is 19.1 Å². The van der Waals surface area contributed by atoms with Crippen LogP contribution in [0.1, 0.15) is 16.1 Å². The van der Waals surface area contributed by atoms with Gasteiger partial charge in [0.2, 0.25) is 0 Å². The monoisotopic (exact) mass is 246 g/mol. The molecular formula is C13H14N2O3. The van der Waals surface area contributed by atoms with E-state index in [0.29, 0.717) is 17.1 Å². The molecule has 0 saturated carbocycles. The molecule has 18 heavy (non-hydrogen) atoms. The molecule has 2 rings (SSSR count). The van der Waals surface area contributed by atoms with Crippen LogP contribution in [0.15, 0.2) is 24.4 Å². The van der Waals surface area contributed by atoms with E-state index >= 15 is 0 Å². The molecule has 1 heterocycles. The number of methoxy groups -OCH3 is 2. The summed E-state index contributed by atoms with van der Waals surface area (Å²) in [4.78, 5) is 10.8. The molecule has 0 amide bonds. The van der Waals surface area contributed by atoms with Gasteiger partial charge in [0, 0.05) is 6.07 Å². The van der Waals surface area contributed by atoms with Crippen LogP contribution in [0, 0.1) is 6.92 Å². The minimum atomic E-state index is 0.555. The number of aldehydes is 1. The van der Waals surface area contributed by atoms with Crippen LogP contribution >= 0.6 is 0 Å². The van der Waals surface area contributed by atoms with Gasteiger partial charge in [-0.1, -0.05) is 0 Å². The topological polar surface area (TPSA) is 53.4 Å². The molecule has 0 atom stereocenters. The maximum absolute atomic E-state index is 10.8. The molecule has 0 aliphatic heterocycles. The smallest absolute Gasteiger partial charge is 0.153 e. The fourth-order valence-corrected chi connectivity index (χ4v) is 1.74. The number of rotatable bonds is 4. The van der Waals surface area contributed by atoms with E-state index in [0.717, 1.165) is 17.7 Å². The van der Waals surface area contributed by atoms with Crippen LogP contribution in [0.25, 0.3) is 5.69 Å². The molecule has 0 N–H and O–H groups in total. The van der Waals surface area contributed by atoms with Crippen molar-refractivity contribution in [3.8, 4) is 17.2 Å². The Kier molecular flexibility index (Phi) is 3.32. The molecule has 0 aliphatic rings. The van der Waals surface area contributed by atoms with Crippen molar-refractivity contribution in [2.45, 2.75) is 6.92 Å². The van der Waals surface area contributed by atoms with Crippen molar-refractivity contribution in [2.24, 2.45) is 0 Å². The largest absolute Gasteiger partial charge is 0.497 e. The van der Waals surface area contributed by atoms with Crippen molar-refractivity contribution < 1.29 is 14.3 Å². The Hall–Kier alpha value is -2.30. The molecule has 0 bridgehead atoms. The molecule has 1 aromatic carbocycles. The number of ether oxygens (including phenoxy) is 2. The minimum absolute atomic E-state index is 0.555. The van der Waals surface area contributed by atoms with E-state index in [1.54, 1.807) is 25.0 Å². The number of nitrogens with zero attached hydrogens (tertiary/aromatic N) is 2. The van der Waals surface area contributed by atoms with Crippen molar-refractivity contribution in [1.82, 2.24) is 9.78 Å². The van der Waals surface area contributed by atoms with E-state index in [9.17, 15) is 4.79 Å². The van der Waals surface area contributed by atoms with Gasteiger partial charge in [0.15, 0.2) is 6.29 Å². The third-order valence-electron chi connectivity index (χ3n) is 2.79. The summed E-state index contributed by atoms with van der Waals surface area (Å²) in [5, 5.41) is 4.19. The van der Waals surface area contributed by atoms with Crippen LogP contribution in [0.2, 0.25) is 0 Å². The van der Waals surface area contributed by atoms with Gasteiger partial charge in [-0.05, 0) is 19.1 Å². The molecule has 0 saturated heterocycles. The fourth-order valence-electron chi connectivity index (χ4n) is 1.74. The Morgan fingerprint density at radius 2 is 2.06 bits per heavy atom. The number of hydrogen-bond acceptors (Lipinski definition) is 4. The number of hydrogen-bond donors (Lipinski definition) is 0. The van der Waals surface area contributed by atoms with Crippen molar-refractivity contribution in [2.75, 3.05) is 14.2 Å². The van der Waals surface area contributed by atoms with Crippen molar-refractivity contribution in [3.05, 3.63) is 35.7 Å². The number of carbonyl (C=O) groups excluding carboxylic acids is 1. The van der Waals surface area contributed by atoms with E-state index in [-0.39, 0.29) is 0 Å². The van der Waals surface area contributed by atoms with Gasteiger partial charge in [0.25, 0.3) is 0 Å². The van der Waals surface area contributed by atoms with Crippen LogP contribution in [0.3, 0.4) is 0 Å². The maximum atomic E-state index is 10.8. The predicted molar refractivity (Wildman–Crippen MR) is 66.8 cm³/mol. The molecular weight excluding hydrogens is 232 g/mol. The second-order valence-electron chi connectivity index (χ2n) is 3.75. The van der Waals surface area contributed by atoms with Gasteiger partial charge in [-0.2, -0.15) is 5.10 Å². The molecule has 0 fully saturated rings. The second kappa shape index (κ2) is 4.91. The zero-order chi connectivity index (χ0) is 13.1. The lowest BCUT2D eigenvalue weighted by Crippen LogP contribution is -2.02. The Bertz CT molecular complexity index is 576. The van der Waals surface area contributed by atoms with E-state index in [1.165, 1.54) is 6.20 Å². The van der Waals surface area contributed by atoms with Gasteiger partial charge in [0.05, 0.1) is 31.7 Å². The van der Waals surface area contributed by atoms with Gasteiger partial charge in [-0.15, -0.1) is 0 Å². The second-order valence-corrected chi connectivity index (χ2v) is 3.75. The third kappa shape index (κ3) is 1.95. The standard InChI is InChI=1S/C13H14N2O3/c1-9-10(8-16)7-14-15(9)12-6-11(17-2)4-5-13(12)18-3/h4-8H,1-3H3. The van der Waals surface area contributed by atoms with Gasteiger partial charge in [-0.3, -0.25) is 4.79 Å². The first-order valence-corrected chi connectivity index (χ1v) is 5.43. The summed E-state index contributed by atoms with van der Waals surface area (Å²) in [6, 6.07) is 5.42. The van der Waals surface area contributed by atoms with Gasteiger partial charge < -0.3 is 9.47 Å². The molecule has 5 nitrogen and oxygen atoms in total. The summed E-state index contributed by atoms with van der Waals surface area (Å²) in [5.41, 5.74) is 2.05. The van der Waals surface area contributed by atoms with Crippen LogP contribution in [0.5, 0.6) is 11.5 Å². The highest BCUT2D eigenvalue weighted by Crippen LogP contribution is 2.28. The maximum Gasteiger partial charge on any atom is 0.153 e. The lowest BCUT2D eigenvalue weighted by Gasteiger charge is -2.11. The van der Waals surface area contributed by atoms with Crippen molar-refractivity contribution in [3.63, 3.8) is 0 Å². The van der Waals surface area contributed by atoms with Crippen molar-refractivity contribution >= 4 is 6.29 Å². The number of benzene rings is 1. The number of carbonyl (C=O) groups is 1. The SMILES string of the molecule is COc1ccc(OC)c(-n2ncc(C=O)c2C)c1. The van der Waals surface area contributed by atoms with E-state index in [4.69, 9.17) is 9.47 Å². The summed E-state index contributed by atoms with van der Waals surface area (Å²) < 4.78 is 12.1. The normalized spacial score (nSPS) is 10.2. The lowest BCUT2D eigenvalue weighted by atomic mass is 10.2. The van der Waals surface area contributed by atoms with Gasteiger partial charge >= 0.3 is 0 Å². The summed E-state index contributed by atoms with van der Waals surface area (Å²) in [6.45, 7) is 1.83. The average molecular weight is 246 g/mol. The van der Waals surface area contributed by atoms with Crippen LogP contribution in [-0.2, 0) is 0 Å². The molecule has 5 heteroatoms. The molecule has 0 spiro atoms. The Morgan fingerprint density at radius 3 is 2.61 bits per heavy atom. The summed E-state index contributed by atoms with van der Waals surface area (Å²) >= 11 is 0. The van der Waals surface area contributed by atoms with E-state index < -0.39 is 0 Å². The Morgan fingerprint density at radius 1 is 1.28 bits per heavy atom. The first-order chi connectivity index (χ1) is 8.71. The third-order valence-corrected chi connectivity index (χ3v) is 2.79. The first kappa shape index (κ1) is 12.2. The summed E-state index contributed by atoms with van der Waals surface area (Å²) in [6.07, 6.45) is 2.31. The molecule has 0 aliphatic carbocycles. The van der Waals surface area contributed by atoms with E-state index in [2.05, 4.69) is 5.10 Å². The molecule has 2 aromatic rings. The first-order valence-electron chi connectivity index (χ1n) is 5.43. The number of aromatic nitrogens is 2. The van der Waals surface area contributed by atoms with Crippen LogP contribution in [0.4, 0.5) is 0 Å². The average Bonchev–Trinajstić information content (AvgIpc) is 2.78. The van der Waals surface area contributed by atoms with Gasteiger partial charge in [-0.25, -0.2) is 4.68 Å². The van der Waals surface area contributed by atoms with Crippen LogP contribution < -0.4 is 9.47 Å². The highest BCUT2D eigenvalue weighted by Gasteiger charge is 2.12. The summed E-state index contributed by atoms with van der Waals surface area (Å²) in [7, 11) is 3.18. The molecule has 0 unspecified atom stereocenters. The lowest BCUT2D eigenvalue weighted by molar-refractivity contribution is 0.112. The summed E-state index contributed by atoms with van der Waals surface area (Å²) in [5.74, 6) is 1.37. The Labute approximate surface area is 105 Å². The quantitative estimate of drug-likeness (QED) is 0.774. The zero-order valence-electron chi connectivity index (χ0n) is 10.5. The zero-order valence-corrected chi connectivity index (χ0v) is 10.5.